The maximum atomic E-state index is 13.7. The topological polar surface area (TPSA) is 144 Å². The van der Waals surface area contributed by atoms with Crippen molar-refractivity contribution in [2.24, 2.45) is 23.7 Å². The lowest BCUT2D eigenvalue weighted by Gasteiger charge is -2.31. The zero-order valence-corrected chi connectivity index (χ0v) is 23.0. The van der Waals surface area contributed by atoms with Crippen LogP contribution >= 0.6 is 11.6 Å². The number of nitro benzene ring substituents is 1. The molecule has 2 bridgehead atoms. The number of nitrogens with zero attached hydrogens (tertiary/aromatic N) is 3. The molecule has 11 nitrogen and oxygen atoms in total. The predicted octanol–water partition coefficient (Wildman–Crippen LogP) is 4.51. The van der Waals surface area contributed by atoms with Crippen LogP contribution < -0.4 is 4.74 Å². The molecule has 4 atom stereocenters. The Morgan fingerprint density at radius 3 is 2.05 bits per heavy atom. The third kappa shape index (κ3) is 4.97. The largest absolute Gasteiger partial charge is 0.423 e. The summed E-state index contributed by atoms with van der Waals surface area (Å²) in [6.45, 7) is -0.619. The molecule has 12 heteroatoms. The van der Waals surface area contributed by atoms with E-state index < -0.39 is 52.8 Å². The number of hydrogen-bond acceptors (Lipinski definition) is 8. The second-order valence-electron chi connectivity index (χ2n) is 10.5. The molecule has 216 valence electrons. The van der Waals surface area contributed by atoms with E-state index in [2.05, 4.69) is 0 Å². The number of carbonyl (C=O) groups excluding carboxylic acids is 5. The van der Waals surface area contributed by atoms with Gasteiger partial charge in [-0.2, -0.15) is 5.01 Å². The molecule has 0 N–H and O–H groups in total. The van der Waals surface area contributed by atoms with E-state index in [1.165, 1.54) is 60.7 Å². The average Bonchev–Trinajstić information content (AvgIpc) is 3.70. The number of esters is 1. The Morgan fingerprint density at radius 2 is 1.47 bits per heavy atom. The highest BCUT2D eigenvalue weighted by Gasteiger charge is 2.61. The number of ether oxygens (including phenoxy) is 1. The van der Waals surface area contributed by atoms with Crippen LogP contribution in [0.5, 0.6) is 5.75 Å². The number of Topliss-reactive ketones (excluding diaryl/α,β-unsaturated/α-hetero) is 1. The van der Waals surface area contributed by atoms with Gasteiger partial charge in [0.1, 0.15) is 12.3 Å². The molecule has 0 radical (unpaired) electrons. The molecular weight excluding hydrogens is 578 g/mol. The minimum absolute atomic E-state index is 0.0317. The number of amides is 3. The molecule has 3 amide bonds. The fraction of sp³-hybridized carbons (Fsp3) is 0.194. The number of allylic oxidation sites excluding steroid dienone is 2. The number of halogens is 1. The lowest BCUT2D eigenvalue weighted by atomic mass is 9.85. The Morgan fingerprint density at radius 1 is 0.884 bits per heavy atom. The van der Waals surface area contributed by atoms with Crippen LogP contribution in [0, 0.1) is 33.8 Å². The van der Waals surface area contributed by atoms with Gasteiger partial charge in [0.15, 0.2) is 5.78 Å². The highest BCUT2D eigenvalue weighted by molar-refractivity contribution is 6.34. The Balaban J connectivity index is 1.22. The molecule has 6 rings (SSSR count). The molecular formula is C31H22ClN3O8. The summed E-state index contributed by atoms with van der Waals surface area (Å²) >= 11 is 6.27. The van der Waals surface area contributed by atoms with Crippen molar-refractivity contribution in [2.75, 3.05) is 6.54 Å². The van der Waals surface area contributed by atoms with E-state index in [-0.39, 0.29) is 45.0 Å². The maximum absolute atomic E-state index is 13.7. The lowest BCUT2D eigenvalue weighted by Crippen LogP contribution is -2.52. The van der Waals surface area contributed by atoms with E-state index in [0.717, 1.165) is 10.0 Å². The van der Waals surface area contributed by atoms with Crippen LogP contribution in [0.1, 0.15) is 37.5 Å². The van der Waals surface area contributed by atoms with Crippen molar-refractivity contribution in [3.05, 3.63) is 117 Å². The third-order valence-electron chi connectivity index (χ3n) is 8.02. The standard InChI is InChI=1S/C31H22ClN3O8/c32-24-4-2-1-3-23(24)28(37)33(34-29(38)26-19-5-6-20(15-19)27(26)30(34)39)16-25(36)17-9-13-22(14-10-17)43-31(40)18-7-11-21(12-8-18)35(41)42/h1-14,19-20,26-27H,15-16H2/t19-,20-,26-,27+/m0/s1. The monoisotopic (exact) mass is 599 g/mol. The van der Waals surface area contributed by atoms with E-state index in [1.54, 1.807) is 12.1 Å². The van der Waals surface area contributed by atoms with Crippen molar-refractivity contribution < 1.29 is 33.6 Å². The van der Waals surface area contributed by atoms with Crippen molar-refractivity contribution >= 4 is 46.8 Å². The summed E-state index contributed by atoms with van der Waals surface area (Å²) in [7, 11) is 0. The zero-order valence-electron chi connectivity index (χ0n) is 22.3. The second kappa shape index (κ2) is 10.9. The van der Waals surface area contributed by atoms with Gasteiger partial charge >= 0.3 is 5.97 Å². The number of hydrogen-bond donors (Lipinski definition) is 0. The molecule has 0 spiro atoms. The summed E-state index contributed by atoms with van der Waals surface area (Å²) in [6.07, 6.45) is 4.57. The second-order valence-corrected chi connectivity index (χ2v) is 10.9. The van der Waals surface area contributed by atoms with Crippen molar-refractivity contribution in [3.63, 3.8) is 0 Å². The van der Waals surface area contributed by atoms with Crippen molar-refractivity contribution in [1.29, 1.82) is 0 Å². The minimum Gasteiger partial charge on any atom is -0.423 e. The highest BCUT2D eigenvalue weighted by atomic mass is 35.5. The normalized spacial score (nSPS) is 21.6. The lowest BCUT2D eigenvalue weighted by molar-refractivity contribution is -0.384. The Bertz CT molecular complexity index is 1690. The van der Waals surface area contributed by atoms with E-state index in [1.807, 2.05) is 12.2 Å². The molecule has 1 saturated carbocycles. The summed E-state index contributed by atoms with van der Waals surface area (Å²) in [5.41, 5.74) is 0.0798. The molecule has 43 heavy (non-hydrogen) atoms. The molecule has 0 unspecified atom stereocenters. The average molecular weight is 600 g/mol. The van der Waals surface area contributed by atoms with Gasteiger partial charge in [-0.15, -0.1) is 0 Å². The molecule has 1 heterocycles. The van der Waals surface area contributed by atoms with E-state index in [9.17, 15) is 34.1 Å². The molecule has 1 saturated heterocycles. The molecule has 2 aliphatic carbocycles. The first-order chi connectivity index (χ1) is 20.6. The van der Waals surface area contributed by atoms with Gasteiger partial charge < -0.3 is 4.74 Å². The van der Waals surface area contributed by atoms with Gasteiger partial charge in [-0.25, -0.2) is 9.80 Å². The van der Waals surface area contributed by atoms with Crippen LogP contribution in [-0.2, 0) is 9.59 Å². The first-order valence-corrected chi connectivity index (χ1v) is 13.7. The predicted molar refractivity (Wildman–Crippen MR) is 151 cm³/mol. The molecule has 3 aromatic rings. The van der Waals surface area contributed by atoms with Gasteiger partial charge in [-0.3, -0.25) is 29.3 Å². The number of ketones is 1. The van der Waals surface area contributed by atoms with Gasteiger partial charge in [0.2, 0.25) is 0 Å². The van der Waals surface area contributed by atoms with Crippen LogP contribution in [0.15, 0.2) is 84.9 Å². The van der Waals surface area contributed by atoms with E-state index in [0.29, 0.717) is 6.42 Å². The van der Waals surface area contributed by atoms with Crippen LogP contribution in [0.25, 0.3) is 0 Å². The molecule has 3 aliphatic rings. The minimum atomic E-state index is -0.769. The number of non-ortho nitro benzene ring substituents is 1. The first kappa shape index (κ1) is 28.0. The summed E-state index contributed by atoms with van der Waals surface area (Å²) in [4.78, 5) is 76.9. The maximum Gasteiger partial charge on any atom is 0.343 e. The summed E-state index contributed by atoms with van der Waals surface area (Å²) in [5.74, 6) is -4.39. The summed E-state index contributed by atoms with van der Waals surface area (Å²) in [6, 6.07) is 16.6. The Labute approximate surface area is 249 Å². The Kier molecular flexibility index (Phi) is 7.10. The summed E-state index contributed by atoms with van der Waals surface area (Å²) in [5, 5.41) is 12.6. The zero-order chi connectivity index (χ0) is 30.4. The number of rotatable bonds is 8. The number of nitro groups is 1. The smallest absolute Gasteiger partial charge is 0.343 e. The first-order valence-electron chi connectivity index (χ1n) is 13.4. The van der Waals surface area contributed by atoms with Crippen LogP contribution in [0.2, 0.25) is 5.02 Å². The summed E-state index contributed by atoms with van der Waals surface area (Å²) < 4.78 is 5.30. The quantitative estimate of drug-likeness (QED) is 0.0699. The van der Waals surface area contributed by atoms with Crippen LogP contribution in [0.3, 0.4) is 0 Å². The third-order valence-corrected chi connectivity index (χ3v) is 8.35. The van der Waals surface area contributed by atoms with E-state index in [4.69, 9.17) is 16.3 Å². The SMILES string of the molecule is O=C(CN(C(=O)c1ccccc1Cl)N1C(=O)[C@@H]2[C@H](C1=O)[C@H]1C=C[C@H]2C1)c1ccc(OC(=O)c2ccc([N+](=O)[O-])cc2)cc1. The Hall–Kier alpha value is -5.16. The van der Waals surface area contributed by atoms with Crippen molar-refractivity contribution in [1.82, 2.24) is 10.0 Å². The molecule has 1 aliphatic heterocycles. The fourth-order valence-corrected chi connectivity index (χ4v) is 6.17. The van der Waals surface area contributed by atoms with Gasteiger partial charge in [0.25, 0.3) is 23.4 Å². The van der Waals surface area contributed by atoms with Crippen LogP contribution in [-0.4, -0.2) is 51.0 Å². The fourth-order valence-electron chi connectivity index (χ4n) is 5.95. The molecule has 3 aromatic carbocycles. The van der Waals surface area contributed by atoms with Gasteiger partial charge in [0, 0.05) is 17.7 Å². The van der Waals surface area contributed by atoms with Crippen molar-refractivity contribution in [3.8, 4) is 5.75 Å². The van der Waals surface area contributed by atoms with Crippen molar-refractivity contribution in [2.45, 2.75) is 6.42 Å². The van der Waals surface area contributed by atoms with Gasteiger partial charge in [0.05, 0.1) is 32.9 Å². The molecule has 0 aromatic heterocycles. The number of carbonyl (C=O) groups is 5. The van der Waals surface area contributed by atoms with E-state index >= 15 is 0 Å². The number of imide groups is 1. The van der Waals surface area contributed by atoms with Crippen LogP contribution in [0.4, 0.5) is 5.69 Å². The number of hydrazine groups is 1. The van der Waals surface area contributed by atoms with Gasteiger partial charge in [-0.05, 0) is 66.8 Å². The number of fused-ring (bicyclic) bond motifs is 5. The molecule has 2 fully saturated rings. The highest BCUT2D eigenvalue weighted by Crippen LogP contribution is 2.52. The number of benzene rings is 3. The van der Waals surface area contributed by atoms with Gasteiger partial charge in [-0.1, -0.05) is 35.9 Å².